The highest BCUT2D eigenvalue weighted by atomic mass is 127. The van der Waals surface area contributed by atoms with Gasteiger partial charge >= 0.3 is 0 Å². The maximum atomic E-state index is 13.8. The summed E-state index contributed by atoms with van der Waals surface area (Å²) in [6, 6.07) is 6.99. The summed E-state index contributed by atoms with van der Waals surface area (Å²) >= 11 is 0. The number of guanidine groups is 1. The molecule has 1 fully saturated rings. The number of anilines is 1. The Labute approximate surface area is 157 Å². The zero-order chi connectivity index (χ0) is 16.1. The van der Waals surface area contributed by atoms with E-state index in [1.165, 1.54) is 6.07 Å². The molecular formula is C16H21FIN5O. The molecule has 2 aromatic rings. The fourth-order valence-electron chi connectivity index (χ4n) is 2.65. The molecule has 6 nitrogen and oxygen atoms in total. The van der Waals surface area contributed by atoms with E-state index in [9.17, 15) is 4.39 Å². The molecule has 0 radical (unpaired) electrons. The molecular weight excluding hydrogens is 424 g/mol. The molecule has 1 aliphatic heterocycles. The number of rotatable bonds is 4. The summed E-state index contributed by atoms with van der Waals surface area (Å²) in [6.07, 6.45) is 4.16. The van der Waals surface area contributed by atoms with E-state index in [0.717, 1.165) is 18.7 Å². The lowest BCUT2D eigenvalue weighted by atomic mass is 10.3. The summed E-state index contributed by atoms with van der Waals surface area (Å²) in [6.45, 7) is 2.02. The van der Waals surface area contributed by atoms with Gasteiger partial charge in [0.05, 0.1) is 12.8 Å². The molecule has 1 unspecified atom stereocenters. The van der Waals surface area contributed by atoms with Crippen LogP contribution in [0.2, 0.25) is 0 Å². The van der Waals surface area contributed by atoms with Gasteiger partial charge in [0.15, 0.2) is 17.6 Å². The van der Waals surface area contributed by atoms with Gasteiger partial charge in [-0.1, -0.05) is 0 Å². The number of hydrogen-bond donors (Lipinski definition) is 2. The van der Waals surface area contributed by atoms with E-state index >= 15 is 0 Å². The minimum absolute atomic E-state index is 0. The van der Waals surface area contributed by atoms with Gasteiger partial charge in [-0.05, 0) is 30.7 Å². The molecule has 8 heteroatoms. The fourth-order valence-corrected chi connectivity index (χ4v) is 2.65. The lowest BCUT2D eigenvalue weighted by Crippen LogP contribution is -2.44. The molecule has 0 amide bonds. The zero-order valence-electron chi connectivity index (χ0n) is 13.4. The van der Waals surface area contributed by atoms with Gasteiger partial charge in [0.1, 0.15) is 5.76 Å². The minimum Gasteiger partial charge on any atom is -0.467 e. The van der Waals surface area contributed by atoms with E-state index in [2.05, 4.69) is 20.6 Å². The maximum absolute atomic E-state index is 13.8. The third kappa shape index (κ3) is 4.59. The van der Waals surface area contributed by atoms with Crippen LogP contribution in [0.15, 0.2) is 46.1 Å². The van der Waals surface area contributed by atoms with E-state index in [1.54, 1.807) is 25.6 Å². The molecule has 0 spiro atoms. The van der Waals surface area contributed by atoms with E-state index in [4.69, 9.17) is 4.42 Å². The van der Waals surface area contributed by atoms with Gasteiger partial charge in [-0.25, -0.2) is 9.37 Å². The average Bonchev–Trinajstić information content (AvgIpc) is 3.23. The summed E-state index contributed by atoms with van der Waals surface area (Å²) in [5, 5.41) is 6.55. The van der Waals surface area contributed by atoms with Crippen LogP contribution in [0.4, 0.5) is 10.2 Å². The van der Waals surface area contributed by atoms with Crippen molar-refractivity contribution in [3.63, 3.8) is 0 Å². The molecule has 1 saturated heterocycles. The normalized spacial score (nSPS) is 17.5. The highest BCUT2D eigenvalue weighted by Crippen LogP contribution is 2.20. The zero-order valence-corrected chi connectivity index (χ0v) is 15.7. The van der Waals surface area contributed by atoms with Gasteiger partial charge in [-0.2, -0.15) is 0 Å². The van der Waals surface area contributed by atoms with Crippen LogP contribution in [0.25, 0.3) is 0 Å². The first-order valence-electron chi connectivity index (χ1n) is 7.61. The first kappa shape index (κ1) is 18.5. The van der Waals surface area contributed by atoms with Gasteiger partial charge in [0, 0.05) is 32.4 Å². The number of aliphatic imine (C=N–C) groups is 1. The number of nitrogens with one attached hydrogen (secondary N) is 2. The standard InChI is InChI=1S/C16H20FN5O.HI/c1-18-16(20-10-13-4-3-9-23-13)21-12-6-8-22(11-12)15-14(17)5-2-7-19-15;/h2-5,7,9,12H,6,8,10-11H2,1H3,(H2,18,20,21);1H. The smallest absolute Gasteiger partial charge is 0.191 e. The largest absolute Gasteiger partial charge is 0.467 e. The number of furan rings is 1. The fraction of sp³-hybridized carbons (Fsp3) is 0.375. The SMILES string of the molecule is CN=C(NCc1ccco1)NC1CCN(c2ncccc2F)C1.I. The van der Waals surface area contributed by atoms with E-state index in [1.807, 2.05) is 17.0 Å². The Morgan fingerprint density at radius 3 is 3.04 bits per heavy atom. The van der Waals surface area contributed by atoms with Crippen LogP contribution < -0.4 is 15.5 Å². The monoisotopic (exact) mass is 445 g/mol. The Morgan fingerprint density at radius 2 is 2.33 bits per heavy atom. The van der Waals surface area contributed by atoms with Crippen LogP contribution in [0.3, 0.4) is 0 Å². The van der Waals surface area contributed by atoms with E-state index in [0.29, 0.717) is 24.9 Å². The number of hydrogen-bond acceptors (Lipinski definition) is 4. The Hall–Kier alpha value is -1.84. The van der Waals surface area contributed by atoms with Crippen molar-refractivity contribution in [1.29, 1.82) is 0 Å². The number of pyridine rings is 1. The number of halogens is 2. The molecule has 0 aromatic carbocycles. The Morgan fingerprint density at radius 1 is 1.46 bits per heavy atom. The first-order chi connectivity index (χ1) is 11.3. The summed E-state index contributed by atoms with van der Waals surface area (Å²) in [4.78, 5) is 10.3. The van der Waals surface area contributed by atoms with Gasteiger partial charge in [0.25, 0.3) is 0 Å². The van der Waals surface area contributed by atoms with Crippen molar-refractivity contribution < 1.29 is 8.81 Å². The van der Waals surface area contributed by atoms with Crippen LogP contribution in [-0.2, 0) is 6.54 Å². The second-order valence-corrected chi connectivity index (χ2v) is 5.39. The minimum atomic E-state index is -0.284. The third-order valence-corrected chi connectivity index (χ3v) is 3.80. The van der Waals surface area contributed by atoms with Crippen LogP contribution in [0.5, 0.6) is 0 Å². The molecule has 2 N–H and O–H groups in total. The molecule has 0 bridgehead atoms. The van der Waals surface area contributed by atoms with Crippen molar-refractivity contribution in [2.75, 3.05) is 25.0 Å². The Kier molecular flexibility index (Phi) is 6.83. The number of aromatic nitrogens is 1. The molecule has 130 valence electrons. The van der Waals surface area contributed by atoms with Crippen molar-refractivity contribution in [2.24, 2.45) is 4.99 Å². The highest BCUT2D eigenvalue weighted by Gasteiger charge is 2.25. The quantitative estimate of drug-likeness (QED) is 0.430. The third-order valence-electron chi connectivity index (χ3n) is 3.80. The molecule has 3 rings (SSSR count). The molecule has 2 aromatic heterocycles. The van der Waals surface area contributed by atoms with Crippen molar-refractivity contribution in [3.8, 4) is 0 Å². The van der Waals surface area contributed by atoms with Crippen molar-refractivity contribution >= 4 is 35.8 Å². The first-order valence-corrected chi connectivity index (χ1v) is 7.61. The predicted octanol–water partition coefficient (Wildman–Crippen LogP) is 2.38. The molecule has 1 aliphatic rings. The van der Waals surface area contributed by atoms with Crippen LogP contribution >= 0.6 is 24.0 Å². The second-order valence-electron chi connectivity index (χ2n) is 5.39. The van der Waals surface area contributed by atoms with Crippen molar-refractivity contribution in [2.45, 2.75) is 19.0 Å². The predicted molar refractivity (Wildman–Crippen MR) is 102 cm³/mol. The summed E-state index contributed by atoms with van der Waals surface area (Å²) in [5.74, 6) is 1.68. The topological polar surface area (TPSA) is 65.7 Å². The Bertz CT molecular complexity index is 664. The van der Waals surface area contributed by atoms with Gasteiger partial charge in [0.2, 0.25) is 0 Å². The molecule has 0 aliphatic carbocycles. The molecule has 3 heterocycles. The van der Waals surface area contributed by atoms with Crippen LogP contribution in [-0.4, -0.2) is 37.1 Å². The highest BCUT2D eigenvalue weighted by molar-refractivity contribution is 14.0. The molecule has 0 saturated carbocycles. The summed E-state index contributed by atoms with van der Waals surface area (Å²) < 4.78 is 19.1. The van der Waals surface area contributed by atoms with Crippen molar-refractivity contribution in [3.05, 3.63) is 48.3 Å². The van der Waals surface area contributed by atoms with E-state index < -0.39 is 0 Å². The maximum Gasteiger partial charge on any atom is 0.191 e. The van der Waals surface area contributed by atoms with Crippen molar-refractivity contribution in [1.82, 2.24) is 15.6 Å². The van der Waals surface area contributed by atoms with E-state index in [-0.39, 0.29) is 35.8 Å². The number of nitrogens with zero attached hydrogens (tertiary/aromatic N) is 3. The average molecular weight is 445 g/mol. The molecule has 1 atom stereocenters. The molecule has 24 heavy (non-hydrogen) atoms. The Balaban J connectivity index is 0.00000208. The van der Waals surface area contributed by atoms with Gasteiger partial charge in [-0.3, -0.25) is 4.99 Å². The van der Waals surface area contributed by atoms with Gasteiger partial charge < -0.3 is 20.0 Å². The van der Waals surface area contributed by atoms with Crippen LogP contribution in [0.1, 0.15) is 12.2 Å². The lowest BCUT2D eigenvalue weighted by Gasteiger charge is -2.19. The summed E-state index contributed by atoms with van der Waals surface area (Å²) in [5.41, 5.74) is 0. The summed E-state index contributed by atoms with van der Waals surface area (Å²) in [7, 11) is 1.72. The van der Waals surface area contributed by atoms with Gasteiger partial charge in [-0.15, -0.1) is 24.0 Å². The lowest BCUT2D eigenvalue weighted by molar-refractivity contribution is 0.500. The second kappa shape index (κ2) is 8.86. The van der Waals surface area contributed by atoms with Crippen LogP contribution in [0, 0.1) is 5.82 Å².